The number of nitrogens with two attached hydrogens (primary N) is 1. The third kappa shape index (κ3) is 4.48. The normalized spacial score (nSPS) is 13.8. The predicted molar refractivity (Wildman–Crippen MR) is 96.8 cm³/mol. The van der Waals surface area contributed by atoms with Gasteiger partial charge in [0.25, 0.3) is 0 Å². The quantitative estimate of drug-likeness (QED) is 0.419. The first-order valence-electron chi connectivity index (χ1n) is 8.43. The van der Waals surface area contributed by atoms with Crippen LogP contribution in [0.2, 0.25) is 0 Å². The van der Waals surface area contributed by atoms with Crippen molar-refractivity contribution in [1.29, 1.82) is 0 Å². The molecule has 0 aromatic carbocycles. The zero-order valence-corrected chi connectivity index (χ0v) is 15.1. The van der Waals surface area contributed by atoms with Gasteiger partial charge in [-0.2, -0.15) is 0 Å². The number of aromatic nitrogens is 1. The van der Waals surface area contributed by atoms with Crippen molar-refractivity contribution >= 4 is 30.2 Å². The summed E-state index contributed by atoms with van der Waals surface area (Å²) < 4.78 is 5.18. The van der Waals surface area contributed by atoms with Gasteiger partial charge in [-0.3, -0.25) is 9.59 Å². The summed E-state index contributed by atoms with van der Waals surface area (Å²) in [5.74, 6) is -1.70. The third-order valence-corrected chi connectivity index (χ3v) is 4.45. The number of hydrogen-bond acceptors (Lipinski definition) is 7. The molecule has 2 N–H and O–H groups in total. The molecule has 7 heteroatoms. The van der Waals surface area contributed by atoms with Crippen molar-refractivity contribution in [2.24, 2.45) is 5.73 Å². The summed E-state index contributed by atoms with van der Waals surface area (Å²) in [5.41, 5.74) is 5.27. The lowest BCUT2D eigenvalue weighted by atomic mass is 9.97. The summed E-state index contributed by atoms with van der Waals surface area (Å²) in [6, 6.07) is 2.75. The van der Waals surface area contributed by atoms with Crippen LogP contribution in [0.1, 0.15) is 76.8 Å². The van der Waals surface area contributed by atoms with Gasteiger partial charge in [-0.25, -0.2) is 9.78 Å². The van der Waals surface area contributed by atoms with E-state index in [1.54, 1.807) is 0 Å². The number of Topliss-reactive ketones (excluding diaryl/α,β-unsaturated/α-hetero) is 2. The minimum atomic E-state index is -0.615. The molecule has 6 nitrogen and oxygen atoms in total. The van der Waals surface area contributed by atoms with E-state index < -0.39 is 17.5 Å². The zero-order chi connectivity index (χ0) is 18.4. The van der Waals surface area contributed by atoms with Crippen LogP contribution in [-0.4, -0.2) is 29.1 Å². The Morgan fingerprint density at radius 3 is 2.52 bits per heavy atom. The molecule has 2 rings (SSSR count). The van der Waals surface area contributed by atoms with E-state index in [1.165, 1.54) is 31.4 Å². The van der Waals surface area contributed by atoms with Crippen LogP contribution in [0.25, 0.3) is 0 Å². The van der Waals surface area contributed by atoms with Gasteiger partial charge in [0.15, 0.2) is 0 Å². The molecule has 25 heavy (non-hydrogen) atoms. The van der Waals surface area contributed by atoms with Crippen LogP contribution in [0, 0.1) is 0 Å². The average Bonchev–Trinajstić information content (AvgIpc) is 2.63. The molecule has 0 fully saturated rings. The Balaban J connectivity index is 1.96. The second-order valence-electron chi connectivity index (χ2n) is 5.92. The molecule has 1 heterocycles. The Morgan fingerprint density at radius 1 is 1.12 bits per heavy atom. The average molecular weight is 362 g/mol. The highest BCUT2D eigenvalue weighted by Gasteiger charge is 2.31. The predicted octanol–water partition coefficient (Wildman–Crippen LogP) is 3.08. The van der Waals surface area contributed by atoms with E-state index in [0.29, 0.717) is 6.61 Å². The Labute approximate surface area is 152 Å². The molecule has 0 bridgehead atoms. The number of ketones is 2. The second-order valence-corrected chi connectivity index (χ2v) is 6.36. The summed E-state index contributed by atoms with van der Waals surface area (Å²) >= 11 is 3.95. The van der Waals surface area contributed by atoms with E-state index in [-0.39, 0.29) is 27.6 Å². The summed E-state index contributed by atoms with van der Waals surface area (Å²) in [6.07, 6.45) is 6.51. The third-order valence-electron chi connectivity index (χ3n) is 4.01. The molecule has 1 aromatic rings. The van der Waals surface area contributed by atoms with Gasteiger partial charge in [0.1, 0.15) is 11.4 Å². The van der Waals surface area contributed by atoms with E-state index in [9.17, 15) is 14.4 Å². The van der Waals surface area contributed by atoms with Crippen molar-refractivity contribution in [2.75, 3.05) is 6.61 Å². The number of ether oxygens (including phenoxy) is 1. The number of pyridine rings is 1. The highest BCUT2D eigenvalue weighted by Crippen LogP contribution is 2.25. The van der Waals surface area contributed by atoms with Gasteiger partial charge < -0.3 is 10.5 Å². The molecule has 0 atom stereocenters. The topological polar surface area (TPSA) is 99.3 Å². The number of unbranched alkanes of at least 4 members (excludes halogenated alkanes) is 5. The molecule has 0 unspecified atom stereocenters. The molecule has 0 saturated carbocycles. The van der Waals surface area contributed by atoms with Crippen LogP contribution in [0.5, 0.6) is 0 Å². The van der Waals surface area contributed by atoms with E-state index in [4.69, 9.17) is 10.5 Å². The van der Waals surface area contributed by atoms with Gasteiger partial charge in [0.2, 0.25) is 11.6 Å². The number of fused-ring (bicyclic) bond motifs is 1. The molecule has 0 aliphatic heterocycles. The highest BCUT2D eigenvalue weighted by atomic mass is 32.1. The molecule has 1 aliphatic rings. The number of hydrogen-bond donors (Lipinski definition) is 2. The van der Waals surface area contributed by atoms with E-state index >= 15 is 0 Å². The van der Waals surface area contributed by atoms with Crippen molar-refractivity contribution in [3.8, 4) is 0 Å². The SMILES string of the molecule is CCCCCCCCOC(=O)c1ccc2c(n1)C(=O)C(N)=C(S)C2=O. The smallest absolute Gasteiger partial charge is 0.356 e. The first-order chi connectivity index (χ1) is 12.0. The highest BCUT2D eigenvalue weighted by molar-refractivity contribution is 7.85. The second kappa shape index (κ2) is 8.80. The monoisotopic (exact) mass is 362 g/mol. The van der Waals surface area contributed by atoms with Crippen molar-refractivity contribution in [3.63, 3.8) is 0 Å². The number of nitrogens with zero attached hydrogens (tertiary/aromatic N) is 1. The maximum Gasteiger partial charge on any atom is 0.356 e. The minimum absolute atomic E-state index is 0.0127. The van der Waals surface area contributed by atoms with E-state index in [1.807, 2.05) is 0 Å². The molecule has 0 spiro atoms. The largest absolute Gasteiger partial charge is 0.461 e. The summed E-state index contributed by atoms with van der Waals surface area (Å²) in [5, 5.41) is 0. The zero-order valence-electron chi connectivity index (χ0n) is 14.2. The number of esters is 1. The standard InChI is InChI=1S/C18H22N2O4S/c1-2-3-4-5-6-7-10-24-18(23)12-9-8-11-14(20-12)16(22)13(19)17(25)15(11)21/h8-9,25H,2-7,10,19H2,1H3. The maximum atomic E-state index is 12.1. The Morgan fingerprint density at radius 2 is 1.80 bits per heavy atom. The van der Waals surface area contributed by atoms with Gasteiger partial charge in [-0.05, 0) is 18.6 Å². The lowest BCUT2D eigenvalue weighted by Crippen LogP contribution is -2.27. The summed E-state index contributed by atoms with van der Waals surface area (Å²) in [7, 11) is 0. The molecular weight excluding hydrogens is 340 g/mol. The van der Waals surface area contributed by atoms with Crippen molar-refractivity contribution in [1.82, 2.24) is 4.98 Å². The van der Waals surface area contributed by atoms with Crippen LogP contribution < -0.4 is 5.73 Å². The Hall–Kier alpha value is -2.15. The van der Waals surface area contributed by atoms with Crippen molar-refractivity contribution in [2.45, 2.75) is 45.4 Å². The van der Waals surface area contributed by atoms with E-state index in [2.05, 4.69) is 24.5 Å². The lowest BCUT2D eigenvalue weighted by Gasteiger charge is -2.15. The molecular formula is C18H22N2O4S. The molecule has 1 aliphatic carbocycles. The number of carbonyl (C=O) groups excluding carboxylic acids is 3. The van der Waals surface area contributed by atoms with Crippen molar-refractivity contribution in [3.05, 3.63) is 39.7 Å². The van der Waals surface area contributed by atoms with E-state index in [0.717, 1.165) is 19.3 Å². The number of thiol groups is 1. The molecule has 0 amide bonds. The summed E-state index contributed by atoms with van der Waals surface area (Å²) in [6.45, 7) is 2.46. The molecule has 0 radical (unpaired) electrons. The van der Waals surface area contributed by atoms with Gasteiger partial charge in [0, 0.05) is 0 Å². The van der Waals surface area contributed by atoms with Gasteiger partial charge in [0.05, 0.1) is 22.8 Å². The van der Waals surface area contributed by atoms with Gasteiger partial charge in [-0.1, -0.05) is 39.0 Å². The molecule has 1 aromatic heterocycles. The first kappa shape index (κ1) is 19.2. The van der Waals surface area contributed by atoms with Crippen LogP contribution >= 0.6 is 12.6 Å². The minimum Gasteiger partial charge on any atom is -0.461 e. The fraction of sp³-hybridized carbons (Fsp3) is 0.444. The fourth-order valence-electron chi connectivity index (χ4n) is 2.54. The first-order valence-corrected chi connectivity index (χ1v) is 8.88. The summed E-state index contributed by atoms with van der Waals surface area (Å²) in [4.78, 5) is 40.1. The maximum absolute atomic E-state index is 12.1. The van der Waals surface area contributed by atoms with Crippen LogP contribution in [0.3, 0.4) is 0 Å². The molecule has 0 saturated heterocycles. The van der Waals surface area contributed by atoms with Crippen LogP contribution in [0.15, 0.2) is 22.7 Å². The Kier molecular flexibility index (Phi) is 6.75. The Bertz CT molecular complexity index is 728. The number of carbonyl (C=O) groups is 3. The van der Waals surface area contributed by atoms with Crippen molar-refractivity contribution < 1.29 is 19.1 Å². The number of allylic oxidation sites excluding steroid dienone is 2. The van der Waals surface area contributed by atoms with Crippen LogP contribution in [0.4, 0.5) is 0 Å². The fourth-order valence-corrected chi connectivity index (χ4v) is 2.76. The molecule has 134 valence electrons. The van der Waals surface area contributed by atoms with Crippen LogP contribution in [-0.2, 0) is 4.74 Å². The van der Waals surface area contributed by atoms with Gasteiger partial charge in [-0.15, -0.1) is 12.6 Å². The lowest BCUT2D eigenvalue weighted by molar-refractivity contribution is 0.0490. The van der Waals surface area contributed by atoms with Gasteiger partial charge >= 0.3 is 5.97 Å². The number of rotatable bonds is 8.